The van der Waals surface area contributed by atoms with E-state index in [0.717, 1.165) is 25.7 Å². The summed E-state index contributed by atoms with van der Waals surface area (Å²) in [6.45, 7) is 4.02. The Morgan fingerprint density at radius 1 is 0.949 bits per heavy atom. The van der Waals surface area contributed by atoms with Gasteiger partial charge in [-0.15, -0.1) is 0 Å². The van der Waals surface area contributed by atoms with Gasteiger partial charge in [0.15, 0.2) is 11.6 Å². The second-order valence-electron chi connectivity index (χ2n) is 11.6. The number of ether oxygens (including phenoxy) is 2. The standard InChI is InChI=1S/C32H34F2O5/c1-31(11-12-31)25(17-28(35)36)22-5-4-6-27(29(22)34)39-18-19-7-9-21(23-16-20(38-3)8-10-26(23)33)24(15-19)30(37)32(2)13-14-32/h4-10,15-16,25,30,37H,11-14,17-18H2,1-3H3,(H,35,36)/t25-,30-/m0/s1. The van der Waals surface area contributed by atoms with Crippen molar-refractivity contribution in [2.75, 3.05) is 7.11 Å². The van der Waals surface area contributed by atoms with Crippen LogP contribution in [-0.2, 0) is 11.4 Å². The maximum atomic E-state index is 15.6. The maximum absolute atomic E-state index is 15.6. The van der Waals surface area contributed by atoms with Crippen LogP contribution in [0.15, 0.2) is 54.6 Å². The lowest BCUT2D eigenvalue weighted by molar-refractivity contribution is -0.137. The highest BCUT2D eigenvalue weighted by molar-refractivity contribution is 5.71. The number of hydrogen-bond acceptors (Lipinski definition) is 4. The van der Waals surface area contributed by atoms with Crippen LogP contribution in [0.2, 0.25) is 0 Å². The van der Waals surface area contributed by atoms with E-state index in [9.17, 15) is 19.4 Å². The number of rotatable bonds is 11. The van der Waals surface area contributed by atoms with Gasteiger partial charge in [0.05, 0.1) is 19.6 Å². The molecule has 3 aromatic carbocycles. The fraction of sp³-hybridized carbons (Fsp3) is 0.406. The minimum Gasteiger partial charge on any atom is -0.497 e. The largest absolute Gasteiger partial charge is 0.497 e. The highest BCUT2D eigenvalue weighted by Crippen LogP contribution is 2.58. The first-order valence-corrected chi connectivity index (χ1v) is 13.3. The third-order valence-corrected chi connectivity index (χ3v) is 8.59. The molecule has 0 bridgehead atoms. The molecule has 0 aliphatic heterocycles. The Bertz CT molecular complexity index is 1390. The van der Waals surface area contributed by atoms with Gasteiger partial charge in [0.25, 0.3) is 0 Å². The quantitative estimate of drug-likeness (QED) is 0.267. The third-order valence-electron chi connectivity index (χ3n) is 8.59. The molecule has 5 nitrogen and oxygen atoms in total. The Morgan fingerprint density at radius 2 is 1.67 bits per heavy atom. The number of halogens is 2. The normalized spacial score (nSPS) is 18.2. The SMILES string of the molecule is COc1ccc(F)c(-c2ccc(COc3cccc([C@H](CC(=O)O)C4(C)CC4)c3F)cc2[C@H](O)C2(C)CC2)c1. The molecule has 2 aliphatic rings. The van der Waals surface area contributed by atoms with Crippen molar-refractivity contribution in [2.45, 2.75) is 64.6 Å². The fourth-order valence-electron chi connectivity index (χ4n) is 5.38. The molecule has 0 unspecified atom stereocenters. The number of benzene rings is 3. The van der Waals surface area contributed by atoms with Crippen molar-refractivity contribution in [1.82, 2.24) is 0 Å². The number of carbonyl (C=O) groups is 1. The van der Waals surface area contributed by atoms with Crippen molar-refractivity contribution in [3.63, 3.8) is 0 Å². The number of aliphatic carboxylic acids is 1. The first-order valence-electron chi connectivity index (χ1n) is 13.3. The summed E-state index contributed by atoms with van der Waals surface area (Å²) < 4.78 is 41.7. The Hall–Kier alpha value is -3.45. The van der Waals surface area contributed by atoms with Gasteiger partial charge >= 0.3 is 5.97 Å². The summed E-state index contributed by atoms with van der Waals surface area (Å²) in [5.41, 5.74) is 2.02. The summed E-state index contributed by atoms with van der Waals surface area (Å²) in [6.07, 6.45) is 2.50. The van der Waals surface area contributed by atoms with Crippen LogP contribution in [0.4, 0.5) is 8.78 Å². The van der Waals surface area contributed by atoms with Crippen molar-refractivity contribution in [3.8, 4) is 22.6 Å². The van der Waals surface area contributed by atoms with Crippen molar-refractivity contribution in [1.29, 1.82) is 0 Å². The second-order valence-corrected chi connectivity index (χ2v) is 11.6. The molecule has 3 aromatic rings. The number of aliphatic hydroxyl groups is 1. The lowest BCUT2D eigenvalue weighted by Gasteiger charge is -2.24. The zero-order valence-electron chi connectivity index (χ0n) is 22.5. The van der Waals surface area contributed by atoms with Crippen molar-refractivity contribution < 1.29 is 33.3 Å². The monoisotopic (exact) mass is 536 g/mol. The van der Waals surface area contributed by atoms with E-state index in [2.05, 4.69) is 0 Å². The summed E-state index contributed by atoms with van der Waals surface area (Å²) in [4.78, 5) is 11.5. The van der Waals surface area contributed by atoms with Crippen LogP contribution in [0.25, 0.3) is 11.1 Å². The minimum atomic E-state index is -0.957. The molecule has 7 heteroatoms. The van der Waals surface area contributed by atoms with Crippen molar-refractivity contribution in [3.05, 3.63) is 82.9 Å². The number of aliphatic hydroxyl groups excluding tert-OH is 1. The molecule has 2 N–H and O–H groups in total. The van der Waals surface area contributed by atoms with E-state index >= 15 is 4.39 Å². The maximum Gasteiger partial charge on any atom is 0.303 e. The molecule has 39 heavy (non-hydrogen) atoms. The molecule has 206 valence electrons. The lowest BCUT2D eigenvalue weighted by atomic mass is 9.81. The molecule has 2 fully saturated rings. The van der Waals surface area contributed by atoms with Crippen LogP contribution in [0, 0.1) is 22.5 Å². The highest BCUT2D eigenvalue weighted by atomic mass is 19.1. The molecule has 2 atom stereocenters. The van der Waals surface area contributed by atoms with E-state index in [1.807, 2.05) is 13.8 Å². The molecule has 0 spiro atoms. The van der Waals surface area contributed by atoms with E-state index in [1.54, 1.807) is 42.5 Å². The predicted octanol–water partition coefficient (Wildman–Crippen LogP) is 7.41. The molecule has 0 radical (unpaired) electrons. The van der Waals surface area contributed by atoms with Crippen LogP contribution >= 0.6 is 0 Å². The summed E-state index contributed by atoms with van der Waals surface area (Å²) in [5.74, 6) is -1.80. The van der Waals surface area contributed by atoms with Crippen molar-refractivity contribution in [2.24, 2.45) is 10.8 Å². The molecule has 2 saturated carbocycles. The molecule has 0 heterocycles. The van der Waals surface area contributed by atoms with E-state index in [-0.39, 0.29) is 29.6 Å². The molecular formula is C32H34F2O5. The summed E-state index contributed by atoms with van der Waals surface area (Å²) in [7, 11) is 1.52. The molecule has 0 saturated heterocycles. The molecule has 0 amide bonds. The van der Waals surface area contributed by atoms with Gasteiger partial charge in [0, 0.05) is 11.5 Å². The minimum absolute atomic E-state index is 0.0263. The number of carboxylic acids is 1. The van der Waals surface area contributed by atoms with Crippen molar-refractivity contribution >= 4 is 5.97 Å². The number of hydrogen-bond donors (Lipinski definition) is 2. The van der Waals surface area contributed by atoms with Crippen LogP contribution in [0.3, 0.4) is 0 Å². The zero-order valence-corrected chi connectivity index (χ0v) is 22.5. The lowest BCUT2D eigenvalue weighted by Crippen LogP contribution is -2.17. The van der Waals surface area contributed by atoms with E-state index in [0.29, 0.717) is 33.6 Å². The molecular weight excluding hydrogens is 502 g/mol. The molecule has 2 aliphatic carbocycles. The molecule has 0 aromatic heterocycles. The average Bonchev–Trinajstić information content (AvgIpc) is 3.85. The zero-order chi connectivity index (χ0) is 27.9. The number of methoxy groups -OCH3 is 1. The van der Waals surface area contributed by atoms with Gasteiger partial charge in [0.2, 0.25) is 0 Å². The molecule has 5 rings (SSSR count). The number of carboxylic acid groups (broad SMARTS) is 1. The Balaban J connectivity index is 1.44. The summed E-state index contributed by atoms with van der Waals surface area (Å²) >= 11 is 0. The topological polar surface area (TPSA) is 76.0 Å². The average molecular weight is 537 g/mol. The summed E-state index contributed by atoms with van der Waals surface area (Å²) in [5, 5.41) is 20.7. The van der Waals surface area contributed by atoms with Crippen LogP contribution < -0.4 is 9.47 Å². The smallest absolute Gasteiger partial charge is 0.303 e. The van der Waals surface area contributed by atoms with Gasteiger partial charge in [-0.1, -0.05) is 38.1 Å². The van der Waals surface area contributed by atoms with E-state index in [1.165, 1.54) is 19.2 Å². The van der Waals surface area contributed by atoms with Gasteiger partial charge in [-0.3, -0.25) is 4.79 Å². The van der Waals surface area contributed by atoms with Gasteiger partial charge in [-0.05, 0) is 89.1 Å². The third kappa shape index (κ3) is 5.50. The van der Waals surface area contributed by atoms with Crippen LogP contribution in [0.1, 0.15) is 74.7 Å². The highest BCUT2D eigenvalue weighted by Gasteiger charge is 2.47. The first kappa shape index (κ1) is 27.1. The Kier molecular flexibility index (Phi) is 7.14. The van der Waals surface area contributed by atoms with Gasteiger partial charge in [0.1, 0.15) is 18.2 Å². The van der Waals surface area contributed by atoms with Gasteiger partial charge < -0.3 is 19.7 Å². The van der Waals surface area contributed by atoms with Gasteiger partial charge in [-0.25, -0.2) is 8.78 Å². The Labute approximate surface area is 227 Å². The summed E-state index contributed by atoms with van der Waals surface area (Å²) in [6, 6.07) is 14.7. The fourth-order valence-corrected chi connectivity index (χ4v) is 5.38. The van der Waals surface area contributed by atoms with Crippen LogP contribution in [-0.4, -0.2) is 23.3 Å². The Morgan fingerprint density at radius 3 is 2.31 bits per heavy atom. The van der Waals surface area contributed by atoms with E-state index < -0.39 is 29.6 Å². The second kappa shape index (κ2) is 10.3. The van der Waals surface area contributed by atoms with Crippen LogP contribution in [0.5, 0.6) is 11.5 Å². The van der Waals surface area contributed by atoms with Gasteiger partial charge in [-0.2, -0.15) is 0 Å². The predicted molar refractivity (Wildman–Crippen MR) is 144 cm³/mol. The first-order chi connectivity index (χ1) is 18.5. The van der Waals surface area contributed by atoms with E-state index in [4.69, 9.17) is 9.47 Å².